The monoisotopic (exact) mass is 468 g/mol. The fraction of sp³-hybridized carbons (Fsp3) is 0.462. The molecule has 2 aromatic carbocycles. The van der Waals surface area contributed by atoms with E-state index in [0.29, 0.717) is 30.6 Å². The van der Waals surface area contributed by atoms with E-state index in [0.717, 1.165) is 37.3 Å². The van der Waals surface area contributed by atoms with Gasteiger partial charge in [0.1, 0.15) is 6.17 Å². The number of rotatable bonds is 6. The lowest BCUT2D eigenvalue weighted by Crippen LogP contribution is -2.58. The normalized spacial score (nSPS) is 23.8. The third kappa shape index (κ3) is 5.63. The van der Waals surface area contributed by atoms with Gasteiger partial charge in [0.25, 0.3) is 11.8 Å². The zero-order valence-electron chi connectivity index (χ0n) is 19.8. The minimum absolute atomic E-state index is 0.0376. The number of hydrogen-bond donors (Lipinski definition) is 2. The van der Waals surface area contributed by atoms with Gasteiger partial charge in [-0.25, -0.2) is 9.87 Å². The number of halogens is 1. The molecule has 8 heteroatoms. The fourth-order valence-corrected chi connectivity index (χ4v) is 5.13. The van der Waals surface area contributed by atoms with Gasteiger partial charge in [-0.3, -0.25) is 24.6 Å². The van der Waals surface area contributed by atoms with Gasteiger partial charge >= 0.3 is 0 Å². The molecule has 2 saturated heterocycles. The van der Waals surface area contributed by atoms with Crippen molar-refractivity contribution >= 4 is 11.8 Å². The van der Waals surface area contributed by atoms with Crippen LogP contribution in [0.15, 0.2) is 48.5 Å². The predicted molar refractivity (Wildman–Crippen MR) is 127 cm³/mol. The maximum atomic E-state index is 13.4. The number of benzene rings is 2. The summed E-state index contributed by atoms with van der Waals surface area (Å²) >= 11 is 0. The van der Waals surface area contributed by atoms with Gasteiger partial charge in [-0.1, -0.05) is 24.3 Å². The van der Waals surface area contributed by atoms with Crippen molar-refractivity contribution in [3.63, 3.8) is 0 Å². The molecular weight excluding hydrogens is 435 g/mol. The number of likely N-dealkylation sites (tertiary alicyclic amines) is 1. The van der Waals surface area contributed by atoms with Gasteiger partial charge in [0, 0.05) is 62.5 Å². The molecule has 182 valence electrons. The molecule has 2 aliphatic heterocycles. The van der Waals surface area contributed by atoms with Crippen molar-refractivity contribution in [3.05, 3.63) is 70.8 Å². The second kappa shape index (κ2) is 10.6. The van der Waals surface area contributed by atoms with Crippen molar-refractivity contribution in [2.24, 2.45) is 0 Å². The summed E-state index contributed by atoms with van der Waals surface area (Å²) < 4.78 is 13.4. The van der Waals surface area contributed by atoms with Gasteiger partial charge < -0.3 is 4.90 Å². The largest absolute Gasteiger partial charge is 0.331 e. The van der Waals surface area contributed by atoms with Gasteiger partial charge in [-0.2, -0.15) is 0 Å². The van der Waals surface area contributed by atoms with Crippen molar-refractivity contribution in [2.45, 2.75) is 51.6 Å². The van der Waals surface area contributed by atoms with Crippen molar-refractivity contribution in [1.29, 1.82) is 0 Å². The number of alkyl halides is 1. The van der Waals surface area contributed by atoms with Gasteiger partial charge in [0.05, 0.1) is 0 Å². The number of carbonyl (C=O) groups is 2. The van der Waals surface area contributed by atoms with E-state index in [9.17, 15) is 14.0 Å². The van der Waals surface area contributed by atoms with E-state index in [4.69, 9.17) is 5.21 Å². The van der Waals surface area contributed by atoms with Crippen LogP contribution < -0.4 is 5.48 Å². The van der Waals surface area contributed by atoms with E-state index in [1.165, 1.54) is 0 Å². The van der Waals surface area contributed by atoms with Crippen LogP contribution in [0.3, 0.4) is 0 Å². The van der Waals surface area contributed by atoms with E-state index in [1.54, 1.807) is 17.6 Å². The number of nitrogens with one attached hydrogen (secondary N) is 1. The van der Waals surface area contributed by atoms with Crippen LogP contribution in [-0.4, -0.2) is 76.2 Å². The first-order valence-electron chi connectivity index (χ1n) is 11.9. The Bertz CT molecular complexity index is 986. The second-order valence-electron chi connectivity index (χ2n) is 9.56. The molecule has 7 nitrogen and oxygen atoms in total. The summed E-state index contributed by atoms with van der Waals surface area (Å²) in [6.45, 7) is 8.37. The Morgan fingerprint density at radius 2 is 1.41 bits per heavy atom. The summed E-state index contributed by atoms with van der Waals surface area (Å²) in [6.07, 6.45) is -0.126. The first-order valence-corrected chi connectivity index (χ1v) is 11.9. The molecule has 34 heavy (non-hydrogen) atoms. The lowest BCUT2D eigenvalue weighted by molar-refractivity contribution is 0.0268. The van der Waals surface area contributed by atoms with Crippen molar-refractivity contribution in [1.82, 2.24) is 20.2 Å². The van der Waals surface area contributed by atoms with Crippen LogP contribution in [0.1, 0.15) is 52.1 Å². The standard InChI is InChI=1S/C26H33FN4O3/c1-18-13-30(16-21-3-7-22(8-4-21)25(32)28-34)14-19(2)31(18)26(33)23-9-5-20(6-10-23)15-29-12-11-24(27)17-29/h3-10,18-19,24,34H,11-17H2,1-2H3,(H,28,32)/t18-,19+,24?. The number of carbonyl (C=O) groups excluding carboxylic acids is 2. The minimum Gasteiger partial charge on any atom is -0.331 e. The highest BCUT2D eigenvalue weighted by atomic mass is 19.1. The number of hydroxylamine groups is 1. The summed E-state index contributed by atoms with van der Waals surface area (Å²) in [7, 11) is 0. The lowest BCUT2D eigenvalue weighted by Gasteiger charge is -2.44. The molecule has 0 saturated carbocycles. The van der Waals surface area contributed by atoms with Gasteiger partial charge in [-0.15, -0.1) is 0 Å². The molecule has 0 aromatic heterocycles. The summed E-state index contributed by atoms with van der Waals surface area (Å²) in [5.41, 5.74) is 4.89. The Kier molecular flexibility index (Phi) is 7.60. The summed E-state index contributed by atoms with van der Waals surface area (Å²) in [6, 6.07) is 15.0. The number of amides is 2. The molecule has 2 amide bonds. The van der Waals surface area contributed by atoms with E-state index < -0.39 is 12.1 Å². The molecule has 0 bridgehead atoms. The topological polar surface area (TPSA) is 76.1 Å². The second-order valence-corrected chi connectivity index (χ2v) is 9.56. The van der Waals surface area contributed by atoms with Gasteiger partial charge in [-0.05, 0) is 55.7 Å². The average Bonchev–Trinajstić information content (AvgIpc) is 3.23. The molecular formula is C26H33FN4O3. The van der Waals surface area contributed by atoms with E-state index in [1.807, 2.05) is 41.3 Å². The molecule has 1 unspecified atom stereocenters. The molecule has 4 rings (SSSR count). The van der Waals surface area contributed by atoms with Crippen LogP contribution >= 0.6 is 0 Å². The molecule has 2 aliphatic rings. The SMILES string of the molecule is C[C@@H]1CN(Cc2ccc(C(=O)NO)cc2)C[C@H](C)N1C(=O)c1ccc(CN2CCC(F)C2)cc1. The molecule has 3 atom stereocenters. The Morgan fingerprint density at radius 1 is 0.882 bits per heavy atom. The lowest BCUT2D eigenvalue weighted by atomic mass is 10.0. The van der Waals surface area contributed by atoms with Crippen LogP contribution in [0.4, 0.5) is 4.39 Å². The van der Waals surface area contributed by atoms with Crippen LogP contribution in [-0.2, 0) is 13.1 Å². The van der Waals surface area contributed by atoms with Crippen molar-refractivity contribution in [3.8, 4) is 0 Å². The molecule has 2 aromatic rings. The van der Waals surface area contributed by atoms with Gasteiger partial charge in [0.2, 0.25) is 0 Å². The molecule has 2 fully saturated rings. The minimum atomic E-state index is -0.727. The Hall–Kier alpha value is -2.81. The van der Waals surface area contributed by atoms with Gasteiger partial charge in [0.15, 0.2) is 0 Å². The summed E-state index contributed by atoms with van der Waals surface area (Å²) in [4.78, 5) is 31.2. The third-order valence-corrected chi connectivity index (χ3v) is 6.77. The smallest absolute Gasteiger partial charge is 0.274 e. The Labute approximate surface area is 200 Å². The summed E-state index contributed by atoms with van der Waals surface area (Å²) in [5.74, 6) is -0.492. The average molecular weight is 469 g/mol. The predicted octanol–water partition coefficient (Wildman–Crippen LogP) is 3.08. The van der Waals surface area contributed by atoms with Crippen molar-refractivity contribution in [2.75, 3.05) is 26.2 Å². The quantitative estimate of drug-likeness (QED) is 0.503. The Balaban J connectivity index is 1.34. The highest BCUT2D eigenvalue weighted by molar-refractivity contribution is 5.95. The summed E-state index contributed by atoms with van der Waals surface area (Å²) in [5, 5.41) is 8.75. The molecule has 2 heterocycles. The molecule has 0 radical (unpaired) electrons. The van der Waals surface area contributed by atoms with Crippen LogP contribution in [0, 0.1) is 0 Å². The van der Waals surface area contributed by atoms with E-state index >= 15 is 0 Å². The number of piperazine rings is 1. The van der Waals surface area contributed by atoms with Crippen LogP contribution in [0.25, 0.3) is 0 Å². The number of nitrogens with zero attached hydrogens (tertiary/aromatic N) is 3. The molecule has 2 N–H and O–H groups in total. The molecule has 0 spiro atoms. The van der Waals surface area contributed by atoms with Crippen LogP contribution in [0.5, 0.6) is 0 Å². The maximum absolute atomic E-state index is 13.4. The Morgan fingerprint density at radius 3 is 1.91 bits per heavy atom. The fourth-order valence-electron chi connectivity index (χ4n) is 5.13. The highest BCUT2D eigenvalue weighted by Crippen LogP contribution is 2.22. The first-order chi connectivity index (χ1) is 16.3. The highest BCUT2D eigenvalue weighted by Gasteiger charge is 2.33. The first kappa shape index (κ1) is 24.3. The van der Waals surface area contributed by atoms with E-state index in [2.05, 4.69) is 23.6 Å². The number of hydrogen-bond acceptors (Lipinski definition) is 5. The zero-order chi connectivity index (χ0) is 24.2. The maximum Gasteiger partial charge on any atom is 0.274 e. The third-order valence-electron chi connectivity index (χ3n) is 6.77. The van der Waals surface area contributed by atoms with E-state index in [-0.39, 0.29) is 18.0 Å². The van der Waals surface area contributed by atoms with Crippen LogP contribution in [0.2, 0.25) is 0 Å². The zero-order valence-corrected chi connectivity index (χ0v) is 19.8. The molecule has 0 aliphatic carbocycles. The van der Waals surface area contributed by atoms with Crippen molar-refractivity contribution < 1.29 is 19.2 Å².